The van der Waals surface area contributed by atoms with Crippen LogP contribution in [0.1, 0.15) is 36.0 Å². The van der Waals surface area contributed by atoms with Gasteiger partial charge in [0, 0.05) is 40.6 Å². The lowest BCUT2D eigenvalue weighted by atomic mass is 9.88. The highest BCUT2D eigenvalue weighted by Crippen LogP contribution is 2.33. The maximum Gasteiger partial charge on any atom is 0.170 e. The molecule has 5 nitrogen and oxygen atoms in total. The van der Waals surface area contributed by atoms with Crippen molar-refractivity contribution in [2.24, 2.45) is 4.36 Å². The highest BCUT2D eigenvalue weighted by atomic mass is 32.2. The van der Waals surface area contributed by atoms with Gasteiger partial charge in [0.15, 0.2) is 11.6 Å². The van der Waals surface area contributed by atoms with Crippen molar-refractivity contribution < 1.29 is 18.9 Å². The van der Waals surface area contributed by atoms with E-state index in [2.05, 4.69) is 4.36 Å². The number of rotatable bonds is 2. The van der Waals surface area contributed by atoms with E-state index >= 15 is 0 Å². The van der Waals surface area contributed by atoms with E-state index < -0.39 is 9.73 Å². The zero-order valence-electron chi connectivity index (χ0n) is 13.8. The average molecular weight is 335 g/mol. The minimum Gasteiger partial charge on any atom is -0.506 e. The van der Waals surface area contributed by atoms with Crippen molar-refractivity contribution in [3.8, 4) is 0 Å². The van der Waals surface area contributed by atoms with E-state index in [0.29, 0.717) is 23.2 Å². The summed E-state index contributed by atoms with van der Waals surface area (Å²) >= 11 is 0. The molecule has 2 rings (SSSR count). The van der Waals surface area contributed by atoms with Gasteiger partial charge in [-0.2, -0.15) is 4.36 Å². The Morgan fingerprint density at radius 1 is 1.13 bits per heavy atom. The van der Waals surface area contributed by atoms with Crippen LogP contribution in [-0.4, -0.2) is 33.4 Å². The second kappa shape index (κ2) is 6.28. The molecule has 0 radical (unpaired) electrons. The summed E-state index contributed by atoms with van der Waals surface area (Å²) in [5, 5.41) is 10.5. The molecule has 1 fully saturated rings. The van der Waals surface area contributed by atoms with Crippen LogP contribution in [0, 0.1) is 13.8 Å². The summed E-state index contributed by atoms with van der Waals surface area (Å²) in [6, 6.07) is 3.40. The fraction of sp³-hybridized carbons (Fsp3) is 0.412. The molecule has 0 saturated heterocycles. The van der Waals surface area contributed by atoms with E-state index in [1.165, 1.54) is 12.5 Å². The molecule has 1 aliphatic carbocycles. The molecule has 0 atom stereocenters. The van der Waals surface area contributed by atoms with Crippen molar-refractivity contribution in [3.63, 3.8) is 0 Å². The van der Waals surface area contributed by atoms with Gasteiger partial charge in [0.25, 0.3) is 0 Å². The van der Waals surface area contributed by atoms with Crippen molar-refractivity contribution in [1.29, 1.82) is 0 Å². The van der Waals surface area contributed by atoms with Crippen LogP contribution in [0.25, 0.3) is 5.76 Å². The first-order chi connectivity index (χ1) is 10.6. The molecule has 1 aromatic rings. The van der Waals surface area contributed by atoms with Gasteiger partial charge in [-0.25, -0.2) is 4.21 Å². The Hall–Kier alpha value is -1.95. The van der Waals surface area contributed by atoms with Gasteiger partial charge in [-0.1, -0.05) is 12.1 Å². The van der Waals surface area contributed by atoms with Crippen LogP contribution in [0.5, 0.6) is 0 Å². The lowest BCUT2D eigenvalue weighted by Gasteiger charge is -2.16. The topological polar surface area (TPSA) is 83.8 Å². The molecule has 0 spiro atoms. The van der Waals surface area contributed by atoms with Gasteiger partial charge in [0.05, 0.1) is 5.69 Å². The molecular weight excluding hydrogens is 314 g/mol. The third kappa shape index (κ3) is 3.69. The summed E-state index contributed by atoms with van der Waals surface area (Å²) < 4.78 is 16.2. The predicted molar refractivity (Wildman–Crippen MR) is 91.4 cm³/mol. The number of nitrogens with zero attached hydrogens (tertiary/aromatic N) is 1. The summed E-state index contributed by atoms with van der Waals surface area (Å²) in [7, 11) is -2.37. The first-order valence-electron chi connectivity index (χ1n) is 7.39. The van der Waals surface area contributed by atoms with Gasteiger partial charge in [0.2, 0.25) is 0 Å². The Bertz CT molecular complexity index is 816. The van der Waals surface area contributed by atoms with Crippen LogP contribution in [-0.2, 0) is 19.3 Å². The average Bonchev–Trinajstić information content (AvgIpc) is 2.42. The van der Waals surface area contributed by atoms with E-state index in [1.54, 1.807) is 19.1 Å². The van der Waals surface area contributed by atoms with E-state index in [4.69, 9.17) is 0 Å². The van der Waals surface area contributed by atoms with E-state index in [-0.39, 0.29) is 35.7 Å². The maximum atomic E-state index is 12.0. The molecule has 0 unspecified atom stereocenters. The lowest BCUT2D eigenvalue weighted by molar-refractivity contribution is -0.123. The molecular formula is C17H21NO4S. The Kier molecular flexibility index (Phi) is 4.75. The number of carbonyl (C=O) groups excluding carboxylic acids is 2. The number of hydrogen-bond donors (Lipinski definition) is 1. The zero-order valence-corrected chi connectivity index (χ0v) is 14.6. The monoisotopic (exact) mass is 335 g/mol. The second-order valence-electron chi connectivity index (χ2n) is 6.10. The molecule has 1 aromatic carbocycles. The molecule has 1 N–H and O–H groups in total. The van der Waals surface area contributed by atoms with Crippen molar-refractivity contribution >= 4 is 32.7 Å². The molecule has 0 aliphatic heterocycles. The first kappa shape index (κ1) is 17.4. The minimum absolute atomic E-state index is 0.122. The normalized spacial score (nSPS) is 15.7. The van der Waals surface area contributed by atoms with Crippen LogP contribution in [0.3, 0.4) is 0 Å². The van der Waals surface area contributed by atoms with E-state index in [1.807, 2.05) is 6.92 Å². The third-order valence-corrected chi connectivity index (χ3v) is 4.42. The third-order valence-electron chi connectivity index (χ3n) is 3.80. The summed E-state index contributed by atoms with van der Waals surface area (Å²) in [4.78, 5) is 24.0. The molecule has 0 aromatic heterocycles. The van der Waals surface area contributed by atoms with Gasteiger partial charge >= 0.3 is 0 Å². The van der Waals surface area contributed by atoms with Crippen molar-refractivity contribution in [3.05, 3.63) is 34.4 Å². The summed E-state index contributed by atoms with van der Waals surface area (Å²) in [6.07, 6.45) is 4.13. The predicted octanol–water partition coefficient (Wildman–Crippen LogP) is 3.25. The van der Waals surface area contributed by atoms with Gasteiger partial charge in [-0.3, -0.25) is 9.59 Å². The first-order valence-corrected chi connectivity index (χ1v) is 9.72. The highest BCUT2D eigenvalue weighted by Gasteiger charge is 2.28. The Morgan fingerprint density at radius 2 is 1.70 bits per heavy atom. The van der Waals surface area contributed by atoms with Crippen LogP contribution in [0.4, 0.5) is 5.69 Å². The van der Waals surface area contributed by atoms with Gasteiger partial charge in [-0.15, -0.1) is 0 Å². The number of hydrogen-bond acceptors (Lipinski definition) is 5. The number of allylic oxidation sites excluding steroid dienone is 1. The highest BCUT2D eigenvalue weighted by molar-refractivity contribution is 7.92. The Labute approximate surface area is 136 Å². The van der Waals surface area contributed by atoms with Crippen molar-refractivity contribution in [2.75, 3.05) is 12.5 Å². The number of aliphatic hydroxyl groups excluding tert-OH is 1. The number of aryl methyl sites for hydroxylation is 1. The SMILES string of the molecule is Cc1ccc(C(O)=C2C(=O)CCCC2=O)c(C)c1N=S(C)(C)=O. The minimum atomic E-state index is -2.37. The fourth-order valence-electron chi connectivity index (χ4n) is 2.67. The van der Waals surface area contributed by atoms with Crippen LogP contribution >= 0.6 is 0 Å². The standard InChI is InChI=1S/C17H21NO4S/c1-10-8-9-12(11(2)16(10)18-23(3,4)22)17(21)15-13(19)6-5-7-14(15)20/h8-9,21H,5-7H2,1-4H3. The number of carbonyl (C=O) groups is 2. The Balaban J connectivity index is 2.70. The Morgan fingerprint density at radius 3 is 2.22 bits per heavy atom. The molecule has 23 heavy (non-hydrogen) atoms. The van der Waals surface area contributed by atoms with Crippen molar-refractivity contribution in [2.45, 2.75) is 33.1 Å². The van der Waals surface area contributed by atoms with E-state index in [9.17, 15) is 18.9 Å². The summed E-state index contributed by atoms with van der Waals surface area (Å²) in [5.74, 6) is -0.952. The van der Waals surface area contributed by atoms with E-state index in [0.717, 1.165) is 5.56 Å². The van der Waals surface area contributed by atoms with Crippen molar-refractivity contribution in [1.82, 2.24) is 0 Å². The maximum absolute atomic E-state index is 12.0. The van der Waals surface area contributed by atoms with Gasteiger partial charge < -0.3 is 5.11 Å². The van der Waals surface area contributed by atoms with Crippen LogP contribution < -0.4 is 0 Å². The molecule has 0 heterocycles. The number of Topliss-reactive ketones (excluding diaryl/α,β-unsaturated/α-hetero) is 2. The largest absolute Gasteiger partial charge is 0.506 e. The quantitative estimate of drug-likeness (QED) is 0.511. The lowest BCUT2D eigenvalue weighted by Crippen LogP contribution is -2.20. The van der Waals surface area contributed by atoms with Crippen LogP contribution in [0.15, 0.2) is 22.1 Å². The summed E-state index contributed by atoms with van der Waals surface area (Å²) in [5.41, 5.74) is 2.22. The smallest absolute Gasteiger partial charge is 0.170 e. The number of aliphatic hydroxyl groups is 1. The molecule has 1 aliphatic rings. The van der Waals surface area contributed by atoms with Gasteiger partial charge in [0.1, 0.15) is 11.3 Å². The summed E-state index contributed by atoms with van der Waals surface area (Å²) in [6.45, 7) is 3.57. The molecule has 1 saturated carbocycles. The molecule has 124 valence electrons. The number of ketones is 2. The zero-order chi connectivity index (χ0) is 17.4. The molecule has 0 bridgehead atoms. The van der Waals surface area contributed by atoms with Crippen LogP contribution in [0.2, 0.25) is 0 Å². The second-order valence-corrected chi connectivity index (χ2v) is 8.64. The molecule has 0 amide bonds. The molecule has 6 heteroatoms. The number of benzene rings is 1. The fourth-order valence-corrected chi connectivity index (χ4v) is 3.39. The van der Waals surface area contributed by atoms with Gasteiger partial charge in [-0.05, 0) is 31.4 Å².